The van der Waals surface area contributed by atoms with Crippen LogP contribution in [0.3, 0.4) is 0 Å². The number of hydrazone groups is 1. The summed E-state index contributed by atoms with van der Waals surface area (Å²) in [6.45, 7) is 0. The molecule has 5 saturated carbocycles. The number of benzene rings is 1. The lowest BCUT2D eigenvalue weighted by molar-refractivity contribution is -0.393. The number of fused-ring (bicyclic) bond motifs is 2. The second-order valence-electron chi connectivity index (χ2n) is 8.20. The van der Waals surface area contributed by atoms with Crippen molar-refractivity contribution in [3.63, 3.8) is 0 Å². The second kappa shape index (κ2) is 4.17. The number of nitrogens with one attached hydrogen (secondary N) is 1. The molecule has 1 aromatic rings. The van der Waals surface area contributed by atoms with E-state index in [0.717, 1.165) is 41.6 Å². The molecule has 1 N–H and O–H groups in total. The lowest BCUT2D eigenvalue weighted by Gasteiger charge is -2.44. The van der Waals surface area contributed by atoms with Crippen molar-refractivity contribution < 1.29 is 9.85 Å². The van der Waals surface area contributed by atoms with Crippen molar-refractivity contribution in [1.82, 2.24) is 0 Å². The minimum atomic E-state index is -0.627. The maximum Gasteiger partial charge on any atom is 0.301 e. The first-order valence-electron chi connectivity index (χ1n) is 8.82. The van der Waals surface area contributed by atoms with E-state index in [1.54, 1.807) is 0 Å². The van der Waals surface area contributed by atoms with Crippen LogP contribution in [0.1, 0.15) is 12.8 Å². The molecule has 0 radical (unpaired) electrons. The Balaban J connectivity index is 1.34. The Hall–Kier alpha value is -2.51. The molecular formula is C17H16N4O4. The van der Waals surface area contributed by atoms with Crippen molar-refractivity contribution in [3.8, 4) is 0 Å². The molecule has 8 heteroatoms. The molecule has 128 valence electrons. The predicted molar refractivity (Wildman–Crippen MR) is 88.0 cm³/mol. The van der Waals surface area contributed by atoms with E-state index in [2.05, 4.69) is 10.5 Å². The maximum atomic E-state index is 11.3. The lowest BCUT2D eigenvalue weighted by atomic mass is 9.59. The topological polar surface area (TPSA) is 111 Å². The molecule has 0 saturated heterocycles. The van der Waals surface area contributed by atoms with Gasteiger partial charge in [-0.3, -0.25) is 25.7 Å². The number of nitro benzene ring substituents is 2. The summed E-state index contributed by atoms with van der Waals surface area (Å²) in [5.41, 5.74) is 3.73. The molecule has 6 rings (SSSR count). The van der Waals surface area contributed by atoms with Crippen LogP contribution in [-0.2, 0) is 0 Å². The van der Waals surface area contributed by atoms with Crippen LogP contribution >= 0.6 is 0 Å². The largest absolute Gasteiger partial charge is 0.301 e. The quantitative estimate of drug-likeness (QED) is 0.669. The molecule has 0 unspecified atom stereocenters. The molecule has 5 fully saturated rings. The van der Waals surface area contributed by atoms with Crippen molar-refractivity contribution in [2.45, 2.75) is 12.8 Å². The fourth-order valence-corrected chi connectivity index (χ4v) is 7.29. The van der Waals surface area contributed by atoms with E-state index in [0.29, 0.717) is 11.8 Å². The molecule has 5 aliphatic carbocycles. The molecular weight excluding hydrogens is 324 g/mol. The average Bonchev–Trinajstić information content (AvgIpc) is 3.12. The fourth-order valence-electron chi connectivity index (χ4n) is 7.29. The van der Waals surface area contributed by atoms with Gasteiger partial charge in [0.05, 0.1) is 15.9 Å². The van der Waals surface area contributed by atoms with Crippen LogP contribution in [-0.4, -0.2) is 15.6 Å². The van der Waals surface area contributed by atoms with E-state index in [4.69, 9.17) is 0 Å². The molecule has 1 aromatic carbocycles. The van der Waals surface area contributed by atoms with Crippen LogP contribution in [0.15, 0.2) is 23.3 Å². The van der Waals surface area contributed by atoms with E-state index in [9.17, 15) is 20.2 Å². The number of nitro groups is 2. The highest BCUT2D eigenvalue weighted by Gasteiger charge is 2.79. The van der Waals surface area contributed by atoms with Crippen LogP contribution in [0.2, 0.25) is 0 Å². The Morgan fingerprint density at radius 3 is 2.48 bits per heavy atom. The van der Waals surface area contributed by atoms with Crippen molar-refractivity contribution in [2.75, 3.05) is 5.43 Å². The van der Waals surface area contributed by atoms with Crippen LogP contribution < -0.4 is 5.43 Å². The van der Waals surface area contributed by atoms with Crippen LogP contribution in [0.5, 0.6) is 0 Å². The normalized spacial score (nSPS) is 45.2. The summed E-state index contributed by atoms with van der Waals surface area (Å²) in [6, 6.07) is 3.64. The van der Waals surface area contributed by atoms with E-state index < -0.39 is 9.85 Å². The van der Waals surface area contributed by atoms with Crippen LogP contribution in [0.4, 0.5) is 17.1 Å². The molecule has 0 heterocycles. The molecule has 0 aliphatic heterocycles. The Morgan fingerprint density at radius 1 is 0.960 bits per heavy atom. The third-order valence-electron chi connectivity index (χ3n) is 7.74. The summed E-state index contributed by atoms with van der Waals surface area (Å²) in [7, 11) is 0. The average molecular weight is 340 g/mol. The molecule has 0 amide bonds. The van der Waals surface area contributed by atoms with E-state index in [1.165, 1.54) is 30.7 Å². The van der Waals surface area contributed by atoms with Crippen molar-refractivity contribution >= 4 is 22.8 Å². The standard InChI is InChI=1S/C17H16N4O4/c22-20(23)6-1-2-11(12(3-6)21(24)25)18-19-17-14-8-5-9-13-7(8)4-10(14)15(13)16(9)17/h1-3,7-10,13-16,18H,4-5H2/b19-17-/t7-,8+,9-,10+,13-,14-,15+,16+/m0/s1. The summed E-state index contributed by atoms with van der Waals surface area (Å²) >= 11 is 0. The Bertz CT molecular complexity index is 877. The Kier molecular flexibility index (Phi) is 2.29. The van der Waals surface area contributed by atoms with Gasteiger partial charge in [-0.25, -0.2) is 0 Å². The second-order valence-corrected chi connectivity index (χ2v) is 8.20. The zero-order chi connectivity index (χ0) is 17.0. The summed E-state index contributed by atoms with van der Waals surface area (Å²) in [5, 5.41) is 26.7. The van der Waals surface area contributed by atoms with E-state index in [1.807, 2.05) is 0 Å². The summed E-state index contributed by atoms with van der Waals surface area (Å²) in [4.78, 5) is 20.9. The maximum absolute atomic E-state index is 11.3. The van der Waals surface area contributed by atoms with E-state index >= 15 is 0 Å². The number of non-ortho nitro benzene ring substituents is 1. The number of anilines is 1. The first-order valence-corrected chi connectivity index (χ1v) is 8.82. The Labute approximate surface area is 142 Å². The summed E-state index contributed by atoms with van der Waals surface area (Å²) in [5.74, 6) is 6.15. The highest BCUT2D eigenvalue weighted by atomic mass is 16.6. The van der Waals surface area contributed by atoms with Gasteiger partial charge in [0.15, 0.2) is 0 Å². The first kappa shape index (κ1) is 13.7. The van der Waals surface area contributed by atoms with Gasteiger partial charge in [-0.2, -0.15) is 5.10 Å². The third-order valence-corrected chi connectivity index (χ3v) is 7.74. The number of hydrogen-bond acceptors (Lipinski definition) is 6. The van der Waals surface area contributed by atoms with Gasteiger partial charge in [0.1, 0.15) is 5.69 Å². The van der Waals surface area contributed by atoms with Crippen LogP contribution in [0, 0.1) is 67.6 Å². The molecule has 8 atom stereocenters. The molecule has 0 aromatic heterocycles. The number of rotatable bonds is 4. The molecule has 8 nitrogen and oxygen atoms in total. The van der Waals surface area contributed by atoms with Gasteiger partial charge in [0.2, 0.25) is 0 Å². The summed E-state index contributed by atoms with van der Waals surface area (Å²) in [6.07, 6.45) is 2.71. The molecule has 5 aliphatic rings. The number of hydrogen-bond donors (Lipinski definition) is 1. The first-order chi connectivity index (χ1) is 12.1. The zero-order valence-electron chi connectivity index (χ0n) is 13.2. The van der Waals surface area contributed by atoms with Crippen molar-refractivity contribution in [2.24, 2.45) is 52.4 Å². The smallest absolute Gasteiger partial charge is 0.272 e. The monoisotopic (exact) mass is 340 g/mol. The Morgan fingerprint density at radius 2 is 1.72 bits per heavy atom. The zero-order valence-corrected chi connectivity index (χ0v) is 13.2. The van der Waals surface area contributed by atoms with Gasteiger partial charge in [-0.15, -0.1) is 0 Å². The van der Waals surface area contributed by atoms with E-state index in [-0.39, 0.29) is 17.1 Å². The van der Waals surface area contributed by atoms with Crippen molar-refractivity contribution in [3.05, 3.63) is 38.4 Å². The molecule has 25 heavy (non-hydrogen) atoms. The highest BCUT2D eigenvalue weighted by Crippen LogP contribution is 2.81. The highest BCUT2D eigenvalue weighted by molar-refractivity contribution is 5.96. The fraction of sp³-hybridized carbons (Fsp3) is 0.588. The summed E-state index contributed by atoms with van der Waals surface area (Å²) < 4.78 is 0. The van der Waals surface area contributed by atoms with Gasteiger partial charge in [-0.05, 0) is 54.4 Å². The van der Waals surface area contributed by atoms with Crippen LogP contribution in [0.25, 0.3) is 0 Å². The molecule has 2 bridgehead atoms. The lowest BCUT2D eigenvalue weighted by Crippen LogP contribution is -2.44. The number of nitrogens with zero attached hydrogens (tertiary/aromatic N) is 3. The van der Waals surface area contributed by atoms with Gasteiger partial charge in [0.25, 0.3) is 5.69 Å². The molecule has 0 spiro atoms. The van der Waals surface area contributed by atoms with Gasteiger partial charge in [-0.1, -0.05) is 0 Å². The van der Waals surface area contributed by atoms with Gasteiger partial charge < -0.3 is 0 Å². The SMILES string of the molecule is O=[N+]([O-])c1ccc(N/N=C2/[C@H]3[C@@H]4C[C@@H]5[C@@H]2[C@@H]2[C@@H]3C[C@@H]4[C@@H]52)c([N+](=O)[O-])c1. The van der Waals surface area contributed by atoms with Gasteiger partial charge in [0, 0.05) is 23.6 Å². The minimum absolute atomic E-state index is 0.224. The van der Waals surface area contributed by atoms with Crippen molar-refractivity contribution in [1.29, 1.82) is 0 Å². The third kappa shape index (κ3) is 1.43. The predicted octanol–water partition coefficient (Wildman–Crippen LogP) is 3.05. The minimum Gasteiger partial charge on any atom is -0.272 e. The van der Waals surface area contributed by atoms with Gasteiger partial charge >= 0.3 is 5.69 Å².